The molecule has 0 saturated carbocycles. The van der Waals surface area contributed by atoms with Gasteiger partial charge in [-0.1, -0.05) is 6.07 Å². The van der Waals surface area contributed by atoms with Crippen LogP contribution < -0.4 is 10.5 Å². The molecule has 0 saturated heterocycles. The molecular formula is C11H12F3NO4. The molecule has 0 spiro atoms. The third-order valence-corrected chi connectivity index (χ3v) is 1.83. The van der Waals surface area contributed by atoms with E-state index in [1.54, 1.807) is 18.2 Å². The summed E-state index contributed by atoms with van der Waals surface area (Å²) in [6, 6.07) is 6.35. The van der Waals surface area contributed by atoms with E-state index in [9.17, 15) is 18.0 Å². The average molecular weight is 279 g/mol. The number of ether oxygens (including phenoxy) is 3. The van der Waals surface area contributed by atoms with Crippen LogP contribution in [0.2, 0.25) is 0 Å². The Bertz CT molecular complexity index is 423. The smallest absolute Gasteiger partial charge is 0.482 e. The SMILES string of the molecule is Nc1cccc(OCC(=O)OCCOC(F)(F)F)c1. The molecule has 0 radical (unpaired) electrons. The van der Waals surface area contributed by atoms with E-state index in [0.717, 1.165) is 0 Å². The molecule has 1 rings (SSSR count). The first kappa shape index (κ1) is 15.1. The Kier molecular flexibility index (Phi) is 5.43. The Hall–Kier alpha value is -1.96. The molecule has 0 bridgehead atoms. The van der Waals surface area contributed by atoms with Crippen LogP contribution in [0.1, 0.15) is 0 Å². The highest BCUT2D eigenvalue weighted by atomic mass is 19.4. The summed E-state index contributed by atoms with van der Waals surface area (Å²) < 4.78 is 47.7. The molecule has 5 nitrogen and oxygen atoms in total. The molecule has 0 amide bonds. The van der Waals surface area contributed by atoms with Gasteiger partial charge in [0.1, 0.15) is 12.4 Å². The van der Waals surface area contributed by atoms with Gasteiger partial charge in [-0.15, -0.1) is 13.2 Å². The van der Waals surface area contributed by atoms with Gasteiger partial charge in [0.2, 0.25) is 0 Å². The Balaban J connectivity index is 2.18. The fraction of sp³-hybridized carbons (Fsp3) is 0.364. The van der Waals surface area contributed by atoms with Gasteiger partial charge >= 0.3 is 12.3 Å². The Morgan fingerprint density at radius 2 is 2.00 bits per heavy atom. The fourth-order valence-electron chi connectivity index (χ4n) is 1.10. The number of alkyl halides is 3. The van der Waals surface area contributed by atoms with Crippen molar-refractivity contribution in [3.05, 3.63) is 24.3 Å². The first-order valence-corrected chi connectivity index (χ1v) is 5.21. The second kappa shape index (κ2) is 6.83. The van der Waals surface area contributed by atoms with E-state index in [1.807, 2.05) is 0 Å². The molecular weight excluding hydrogens is 267 g/mol. The fourth-order valence-corrected chi connectivity index (χ4v) is 1.10. The number of nitrogen functional groups attached to an aromatic ring is 1. The number of hydrogen-bond donors (Lipinski definition) is 1. The molecule has 2 N–H and O–H groups in total. The van der Waals surface area contributed by atoms with Gasteiger partial charge in [0.15, 0.2) is 6.61 Å². The average Bonchev–Trinajstić information content (AvgIpc) is 2.31. The van der Waals surface area contributed by atoms with Crippen LogP contribution in [0.4, 0.5) is 18.9 Å². The first-order chi connectivity index (χ1) is 8.87. The number of carbonyl (C=O) groups excluding carboxylic acids is 1. The summed E-state index contributed by atoms with van der Waals surface area (Å²) in [6.45, 7) is -1.68. The van der Waals surface area contributed by atoms with Gasteiger partial charge in [-0.2, -0.15) is 0 Å². The predicted octanol–water partition coefficient (Wildman–Crippen LogP) is 1.73. The molecule has 0 fully saturated rings. The number of hydrogen-bond acceptors (Lipinski definition) is 5. The number of halogens is 3. The number of carbonyl (C=O) groups is 1. The zero-order chi connectivity index (χ0) is 14.3. The molecule has 0 aliphatic carbocycles. The molecule has 8 heteroatoms. The summed E-state index contributed by atoms with van der Waals surface area (Å²) in [5.74, 6) is -0.434. The maximum atomic E-state index is 11.6. The number of benzene rings is 1. The van der Waals surface area contributed by atoms with Crippen molar-refractivity contribution in [2.45, 2.75) is 6.36 Å². The minimum absolute atomic E-state index is 0.364. The summed E-state index contributed by atoms with van der Waals surface area (Å²) in [5, 5.41) is 0. The summed E-state index contributed by atoms with van der Waals surface area (Å²) in [5.41, 5.74) is 5.95. The van der Waals surface area contributed by atoms with Gasteiger partial charge in [-0.05, 0) is 12.1 Å². The monoisotopic (exact) mass is 279 g/mol. The predicted molar refractivity (Wildman–Crippen MR) is 59.3 cm³/mol. The molecule has 0 atom stereocenters. The minimum atomic E-state index is -4.73. The van der Waals surface area contributed by atoms with Crippen molar-refractivity contribution in [3.63, 3.8) is 0 Å². The second-order valence-corrected chi connectivity index (χ2v) is 3.38. The Morgan fingerprint density at radius 1 is 1.26 bits per heavy atom. The highest BCUT2D eigenvalue weighted by Gasteiger charge is 2.28. The normalized spacial score (nSPS) is 11.1. The molecule has 0 unspecified atom stereocenters. The van der Waals surface area contributed by atoms with Crippen molar-refractivity contribution in [1.82, 2.24) is 0 Å². The van der Waals surface area contributed by atoms with E-state index in [4.69, 9.17) is 10.5 Å². The number of nitrogens with two attached hydrogens (primary N) is 1. The van der Waals surface area contributed by atoms with Crippen molar-refractivity contribution < 1.29 is 32.2 Å². The van der Waals surface area contributed by atoms with Crippen LogP contribution in [0.5, 0.6) is 5.75 Å². The maximum Gasteiger partial charge on any atom is 0.522 e. The third-order valence-electron chi connectivity index (χ3n) is 1.83. The van der Waals surface area contributed by atoms with E-state index in [0.29, 0.717) is 11.4 Å². The Morgan fingerprint density at radius 3 is 2.63 bits per heavy atom. The highest BCUT2D eigenvalue weighted by Crippen LogP contribution is 2.15. The maximum absolute atomic E-state index is 11.6. The first-order valence-electron chi connectivity index (χ1n) is 5.21. The summed E-state index contributed by atoms with van der Waals surface area (Å²) in [7, 11) is 0. The van der Waals surface area contributed by atoms with E-state index < -0.39 is 32.2 Å². The van der Waals surface area contributed by atoms with Crippen molar-refractivity contribution >= 4 is 11.7 Å². The van der Waals surface area contributed by atoms with Gasteiger partial charge in [0, 0.05) is 11.8 Å². The van der Waals surface area contributed by atoms with Gasteiger partial charge < -0.3 is 15.2 Å². The number of esters is 1. The highest BCUT2D eigenvalue weighted by molar-refractivity contribution is 5.71. The van der Waals surface area contributed by atoms with E-state index >= 15 is 0 Å². The Labute approximate surface area is 107 Å². The molecule has 1 aromatic rings. The minimum Gasteiger partial charge on any atom is -0.482 e. The summed E-state index contributed by atoms with van der Waals surface area (Å²) in [4.78, 5) is 11.1. The largest absolute Gasteiger partial charge is 0.522 e. The summed E-state index contributed by atoms with van der Waals surface area (Å²) >= 11 is 0. The lowest BCUT2D eigenvalue weighted by atomic mass is 10.3. The van der Waals surface area contributed by atoms with Crippen molar-refractivity contribution in [2.75, 3.05) is 25.6 Å². The van der Waals surface area contributed by atoms with Gasteiger partial charge in [0.05, 0.1) is 6.61 Å². The lowest BCUT2D eigenvalue weighted by Crippen LogP contribution is -2.21. The van der Waals surface area contributed by atoms with Gasteiger partial charge in [-0.3, -0.25) is 4.74 Å². The molecule has 0 heterocycles. The molecule has 0 aromatic heterocycles. The third kappa shape index (κ3) is 7.14. The quantitative estimate of drug-likeness (QED) is 0.488. The van der Waals surface area contributed by atoms with Crippen LogP contribution >= 0.6 is 0 Å². The molecule has 0 aliphatic heterocycles. The van der Waals surface area contributed by atoms with E-state index in [2.05, 4.69) is 9.47 Å². The lowest BCUT2D eigenvalue weighted by Gasteiger charge is -2.09. The zero-order valence-corrected chi connectivity index (χ0v) is 9.77. The molecule has 106 valence electrons. The van der Waals surface area contributed by atoms with Crippen LogP contribution in [0.3, 0.4) is 0 Å². The molecule has 0 aliphatic rings. The van der Waals surface area contributed by atoms with E-state index in [1.165, 1.54) is 6.07 Å². The van der Waals surface area contributed by atoms with Crippen LogP contribution in [-0.4, -0.2) is 32.2 Å². The van der Waals surface area contributed by atoms with Crippen LogP contribution in [0.25, 0.3) is 0 Å². The standard InChI is InChI=1S/C11H12F3NO4/c12-11(13,14)19-5-4-17-10(16)7-18-9-3-1-2-8(15)6-9/h1-3,6H,4-5,7,15H2. The van der Waals surface area contributed by atoms with Crippen LogP contribution in [-0.2, 0) is 14.3 Å². The topological polar surface area (TPSA) is 70.8 Å². The summed E-state index contributed by atoms with van der Waals surface area (Å²) in [6.07, 6.45) is -4.73. The van der Waals surface area contributed by atoms with Crippen molar-refractivity contribution in [3.8, 4) is 5.75 Å². The number of anilines is 1. The van der Waals surface area contributed by atoms with Crippen molar-refractivity contribution in [2.24, 2.45) is 0 Å². The molecule has 1 aromatic carbocycles. The zero-order valence-electron chi connectivity index (χ0n) is 9.77. The van der Waals surface area contributed by atoms with Gasteiger partial charge in [-0.25, -0.2) is 4.79 Å². The second-order valence-electron chi connectivity index (χ2n) is 3.38. The van der Waals surface area contributed by atoms with E-state index in [-0.39, 0.29) is 0 Å². The molecule has 19 heavy (non-hydrogen) atoms. The van der Waals surface area contributed by atoms with Crippen molar-refractivity contribution in [1.29, 1.82) is 0 Å². The van der Waals surface area contributed by atoms with Gasteiger partial charge in [0.25, 0.3) is 0 Å². The van der Waals surface area contributed by atoms with Crippen LogP contribution in [0.15, 0.2) is 24.3 Å². The number of rotatable bonds is 6. The van der Waals surface area contributed by atoms with Crippen LogP contribution in [0, 0.1) is 0 Å². The lowest BCUT2D eigenvalue weighted by molar-refractivity contribution is -0.326.